The van der Waals surface area contributed by atoms with E-state index in [9.17, 15) is 14.7 Å². The van der Waals surface area contributed by atoms with Crippen LogP contribution in [0, 0.1) is 6.92 Å². The van der Waals surface area contributed by atoms with Gasteiger partial charge < -0.3 is 10.4 Å². The molecule has 1 aliphatic carbocycles. The van der Waals surface area contributed by atoms with Crippen molar-refractivity contribution in [2.75, 3.05) is 0 Å². The maximum Gasteiger partial charge on any atom is 0.329 e. The fraction of sp³-hybridized carbons (Fsp3) is 0.667. The number of carbonyl (C=O) groups excluding carboxylic acids is 1. The van der Waals surface area contributed by atoms with Gasteiger partial charge in [-0.3, -0.25) is 4.79 Å². The van der Waals surface area contributed by atoms with Crippen molar-refractivity contribution in [1.29, 1.82) is 0 Å². The van der Waals surface area contributed by atoms with Crippen LogP contribution in [0.5, 0.6) is 0 Å². The Morgan fingerprint density at radius 2 is 2.05 bits per heavy atom. The van der Waals surface area contributed by atoms with Gasteiger partial charge in [0.15, 0.2) is 0 Å². The Bertz CT molecular complexity index is 549. The highest BCUT2D eigenvalue weighted by atomic mass is 32.1. The summed E-state index contributed by atoms with van der Waals surface area (Å²) in [6.45, 7) is 5.09. The van der Waals surface area contributed by atoms with Crippen LogP contribution in [0.2, 0.25) is 0 Å². The number of nitrogens with zero attached hydrogens (tertiary/aromatic N) is 1. The van der Waals surface area contributed by atoms with E-state index in [1.165, 1.54) is 31.1 Å². The lowest BCUT2D eigenvalue weighted by molar-refractivity contribution is -0.143. The van der Waals surface area contributed by atoms with Crippen molar-refractivity contribution in [1.82, 2.24) is 10.3 Å². The molecular weight excluding hydrogens is 288 g/mol. The highest BCUT2D eigenvalue weighted by Gasteiger charge is 2.34. The number of aromatic nitrogens is 1. The topological polar surface area (TPSA) is 79.3 Å². The van der Waals surface area contributed by atoms with Crippen molar-refractivity contribution in [3.63, 3.8) is 0 Å². The molecule has 1 atom stereocenters. The number of rotatable bonds is 5. The second-order valence-corrected chi connectivity index (χ2v) is 6.92. The monoisotopic (exact) mass is 310 g/mol. The number of aryl methyl sites for hydroxylation is 1. The summed E-state index contributed by atoms with van der Waals surface area (Å²) in [6, 6.07) is 0. The van der Waals surface area contributed by atoms with E-state index in [-0.39, 0.29) is 5.91 Å². The van der Waals surface area contributed by atoms with Gasteiger partial charge in [0, 0.05) is 5.92 Å². The van der Waals surface area contributed by atoms with Gasteiger partial charge in [0.05, 0.1) is 10.7 Å². The highest BCUT2D eigenvalue weighted by Crippen LogP contribution is 2.37. The number of nitrogens with one attached hydrogen (secondary N) is 1. The van der Waals surface area contributed by atoms with Crippen LogP contribution in [0.1, 0.15) is 72.2 Å². The van der Waals surface area contributed by atoms with Crippen molar-refractivity contribution in [2.45, 2.75) is 64.3 Å². The van der Waals surface area contributed by atoms with E-state index in [1.54, 1.807) is 6.92 Å². The second kappa shape index (κ2) is 6.13. The van der Waals surface area contributed by atoms with Crippen LogP contribution in [-0.2, 0) is 4.79 Å². The number of carboxylic acids is 1. The van der Waals surface area contributed by atoms with Crippen LogP contribution in [0.3, 0.4) is 0 Å². The fourth-order valence-electron chi connectivity index (χ4n) is 2.58. The predicted molar refractivity (Wildman–Crippen MR) is 81.9 cm³/mol. The summed E-state index contributed by atoms with van der Waals surface area (Å²) >= 11 is 1.41. The van der Waals surface area contributed by atoms with E-state index in [0.29, 0.717) is 22.9 Å². The third-order valence-corrected chi connectivity index (χ3v) is 5.61. The minimum absolute atomic E-state index is 0.332. The Labute approximate surface area is 128 Å². The van der Waals surface area contributed by atoms with Gasteiger partial charge >= 0.3 is 5.97 Å². The average Bonchev–Trinajstić information content (AvgIpc) is 3.06. The van der Waals surface area contributed by atoms with E-state index >= 15 is 0 Å². The summed E-state index contributed by atoms with van der Waals surface area (Å²) in [4.78, 5) is 28.7. The Balaban J connectivity index is 2.17. The standard InChI is InChI=1S/C15H22N2O3S/c1-4-15(3,14(19)20)17-12(18)11-9(2)16-13(21-11)10-7-5-6-8-10/h10H,4-8H2,1-3H3,(H,17,18)(H,19,20). The number of carbonyl (C=O) groups is 2. The van der Waals surface area contributed by atoms with Gasteiger partial charge in [-0.2, -0.15) is 0 Å². The molecule has 1 heterocycles. The molecule has 0 aromatic carbocycles. The summed E-state index contributed by atoms with van der Waals surface area (Å²) in [5.74, 6) is -0.884. The highest BCUT2D eigenvalue weighted by molar-refractivity contribution is 7.13. The second-order valence-electron chi connectivity index (χ2n) is 5.89. The molecule has 116 valence electrons. The maximum absolute atomic E-state index is 12.4. The van der Waals surface area contributed by atoms with Crippen molar-refractivity contribution < 1.29 is 14.7 Å². The summed E-state index contributed by atoms with van der Waals surface area (Å²) in [5.41, 5.74) is -0.538. The third kappa shape index (κ3) is 3.26. The molecule has 1 saturated carbocycles. The normalized spacial score (nSPS) is 18.4. The summed E-state index contributed by atoms with van der Waals surface area (Å²) in [7, 11) is 0. The molecule has 1 aromatic rings. The van der Waals surface area contributed by atoms with Gasteiger partial charge in [-0.1, -0.05) is 19.8 Å². The zero-order valence-electron chi connectivity index (χ0n) is 12.7. The van der Waals surface area contributed by atoms with Gasteiger partial charge in [0.2, 0.25) is 0 Å². The molecule has 2 N–H and O–H groups in total. The zero-order valence-corrected chi connectivity index (χ0v) is 13.5. The van der Waals surface area contributed by atoms with Crippen LogP contribution in [-0.4, -0.2) is 27.5 Å². The first kappa shape index (κ1) is 15.9. The lowest BCUT2D eigenvalue weighted by atomic mass is 9.99. The maximum atomic E-state index is 12.4. The number of hydrogen-bond acceptors (Lipinski definition) is 4. The first-order valence-corrected chi connectivity index (χ1v) is 8.22. The summed E-state index contributed by atoms with van der Waals surface area (Å²) < 4.78 is 0. The fourth-order valence-corrected chi connectivity index (χ4v) is 3.71. The van der Waals surface area contributed by atoms with Gasteiger partial charge in [-0.05, 0) is 33.1 Å². The third-order valence-electron chi connectivity index (χ3n) is 4.29. The lowest BCUT2D eigenvalue weighted by Gasteiger charge is -2.24. The Hall–Kier alpha value is -1.43. The van der Waals surface area contributed by atoms with Crippen molar-refractivity contribution in [3.8, 4) is 0 Å². The SMILES string of the molecule is CCC(C)(NC(=O)c1sc(C2CCCC2)nc1C)C(=O)O. The van der Waals surface area contributed by atoms with Crippen LogP contribution >= 0.6 is 11.3 Å². The molecule has 1 unspecified atom stereocenters. The molecule has 0 aliphatic heterocycles. The van der Waals surface area contributed by atoms with Gasteiger partial charge in [0.1, 0.15) is 10.4 Å². The molecule has 21 heavy (non-hydrogen) atoms. The summed E-state index contributed by atoms with van der Waals surface area (Å²) in [5, 5.41) is 12.9. The lowest BCUT2D eigenvalue weighted by Crippen LogP contribution is -2.51. The quantitative estimate of drug-likeness (QED) is 0.876. The molecule has 1 aromatic heterocycles. The minimum Gasteiger partial charge on any atom is -0.480 e. The first-order chi connectivity index (χ1) is 9.87. The Morgan fingerprint density at radius 3 is 2.57 bits per heavy atom. The van der Waals surface area contributed by atoms with Crippen molar-refractivity contribution >= 4 is 23.2 Å². The molecule has 0 radical (unpaired) electrons. The predicted octanol–water partition coefficient (Wildman–Crippen LogP) is 3.09. The molecule has 1 aliphatic rings. The number of carboxylic acid groups (broad SMARTS) is 1. The van der Waals surface area contributed by atoms with E-state index in [1.807, 2.05) is 6.92 Å². The molecule has 1 fully saturated rings. The zero-order chi connectivity index (χ0) is 15.6. The van der Waals surface area contributed by atoms with Gasteiger partial charge in [-0.15, -0.1) is 11.3 Å². The van der Waals surface area contributed by atoms with Crippen LogP contribution in [0.4, 0.5) is 0 Å². The molecule has 2 rings (SSSR count). The van der Waals surface area contributed by atoms with Gasteiger partial charge in [-0.25, -0.2) is 9.78 Å². The average molecular weight is 310 g/mol. The number of thiazole rings is 1. The number of amides is 1. The molecule has 6 heteroatoms. The van der Waals surface area contributed by atoms with E-state index in [2.05, 4.69) is 10.3 Å². The van der Waals surface area contributed by atoms with E-state index in [0.717, 1.165) is 17.8 Å². The molecule has 0 spiro atoms. The molecule has 0 saturated heterocycles. The van der Waals surface area contributed by atoms with Crippen molar-refractivity contribution in [2.24, 2.45) is 0 Å². The smallest absolute Gasteiger partial charge is 0.329 e. The molecule has 5 nitrogen and oxygen atoms in total. The Morgan fingerprint density at radius 1 is 1.43 bits per heavy atom. The number of aliphatic carboxylic acids is 1. The Kier molecular flexibility index (Phi) is 4.66. The minimum atomic E-state index is -1.24. The van der Waals surface area contributed by atoms with E-state index < -0.39 is 11.5 Å². The largest absolute Gasteiger partial charge is 0.480 e. The number of hydrogen-bond donors (Lipinski definition) is 2. The van der Waals surface area contributed by atoms with Crippen LogP contribution < -0.4 is 5.32 Å². The van der Waals surface area contributed by atoms with Crippen LogP contribution in [0.15, 0.2) is 0 Å². The molecular formula is C15H22N2O3S. The van der Waals surface area contributed by atoms with Crippen LogP contribution in [0.25, 0.3) is 0 Å². The molecule has 1 amide bonds. The summed E-state index contributed by atoms with van der Waals surface area (Å²) in [6.07, 6.45) is 5.04. The first-order valence-electron chi connectivity index (χ1n) is 7.40. The van der Waals surface area contributed by atoms with Crippen molar-refractivity contribution in [3.05, 3.63) is 15.6 Å². The van der Waals surface area contributed by atoms with Gasteiger partial charge in [0.25, 0.3) is 5.91 Å². The molecule has 0 bridgehead atoms. The van der Waals surface area contributed by atoms with E-state index in [4.69, 9.17) is 0 Å².